The van der Waals surface area contributed by atoms with Crippen molar-refractivity contribution < 1.29 is 33.1 Å². The number of rotatable bonds is 10. The summed E-state index contributed by atoms with van der Waals surface area (Å²) in [6.45, 7) is 5.10. The van der Waals surface area contributed by atoms with Crippen molar-refractivity contribution in [1.82, 2.24) is 4.90 Å². The Morgan fingerprint density at radius 2 is 1.56 bits per heavy atom. The van der Waals surface area contributed by atoms with Crippen LogP contribution >= 0.6 is 58.0 Å². The first-order valence-corrected chi connectivity index (χ1v) is 16.2. The number of amides is 4. The molecule has 4 amide bonds. The third-order valence-electron chi connectivity index (χ3n) is 7.55. The van der Waals surface area contributed by atoms with Gasteiger partial charge in [0, 0.05) is 30.1 Å². The predicted molar refractivity (Wildman–Crippen MR) is 184 cm³/mol. The van der Waals surface area contributed by atoms with E-state index in [1.165, 1.54) is 18.2 Å². The average molecular weight is 765 g/mol. The lowest BCUT2D eigenvalue weighted by atomic mass is 10.1. The van der Waals surface area contributed by atoms with Crippen LogP contribution in [0, 0.1) is 17.6 Å². The van der Waals surface area contributed by atoms with E-state index in [1.54, 1.807) is 39.0 Å². The summed E-state index contributed by atoms with van der Waals surface area (Å²) in [7, 11) is 0. The fraction of sp³-hybridized carbons (Fsp3) is 0.312. The highest BCUT2D eigenvalue weighted by Gasteiger charge is 2.67. The van der Waals surface area contributed by atoms with Crippen molar-refractivity contribution in [2.24, 2.45) is 5.92 Å². The SMILES string of the molecule is CC(C)(C)N(CCCC(=O)Nc1c(F)ccc(NC(=O)c2cc(NC(=O)[C@H]3[C@H](c4ccc(Cl)c(Cl)c4)C3(Cl)Cl)ccc2Cl)c1F)C(=O)O. The molecule has 0 heterocycles. The Kier molecular flexibility index (Phi) is 11.4. The van der Waals surface area contributed by atoms with Crippen LogP contribution < -0.4 is 16.0 Å². The Morgan fingerprint density at radius 1 is 0.896 bits per heavy atom. The Balaban J connectivity index is 1.43. The van der Waals surface area contributed by atoms with Gasteiger partial charge in [-0.1, -0.05) is 40.9 Å². The molecule has 256 valence electrons. The molecule has 3 aromatic carbocycles. The number of halogens is 7. The third-order valence-corrected chi connectivity index (χ3v) is 9.56. The van der Waals surface area contributed by atoms with Crippen molar-refractivity contribution in [1.29, 1.82) is 0 Å². The van der Waals surface area contributed by atoms with E-state index in [1.807, 2.05) is 0 Å². The molecule has 0 aromatic heterocycles. The third kappa shape index (κ3) is 8.44. The molecule has 0 radical (unpaired) electrons. The molecular weight excluding hydrogens is 736 g/mol. The van der Waals surface area contributed by atoms with Crippen LogP contribution in [0.4, 0.5) is 30.6 Å². The maximum atomic E-state index is 15.3. The molecule has 0 unspecified atom stereocenters. The van der Waals surface area contributed by atoms with Crippen molar-refractivity contribution >= 4 is 98.9 Å². The highest BCUT2D eigenvalue weighted by atomic mass is 35.5. The van der Waals surface area contributed by atoms with E-state index in [0.717, 1.165) is 17.0 Å². The van der Waals surface area contributed by atoms with Gasteiger partial charge in [0.2, 0.25) is 11.8 Å². The van der Waals surface area contributed by atoms with Gasteiger partial charge < -0.3 is 26.0 Å². The first-order chi connectivity index (χ1) is 22.3. The predicted octanol–water partition coefficient (Wildman–Crippen LogP) is 9.20. The minimum atomic E-state index is -1.44. The molecule has 1 aliphatic carbocycles. The first-order valence-electron chi connectivity index (χ1n) is 14.4. The normalized spacial score (nSPS) is 16.5. The molecule has 3 aromatic rings. The number of anilines is 3. The number of benzene rings is 3. The van der Waals surface area contributed by atoms with Crippen molar-refractivity contribution in [3.63, 3.8) is 0 Å². The molecule has 4 N–H and O–H groups in total. The second kappa shape index (κ2) is 14.6. The summed E-state index contributed by atoms with van der Waals surface area (Å²) < 4.78 is 28.5. The fourth-order valence-electron chi connectivity index (χ4n) is 5.04. The van der Waals surface area contributed by atoms with Gasteiger partial charge in [0.1, 0.15) is 15.8 Å². The van der Waals surface area contributed by atoms with Crippen LogP contribution in [0.25, 0.3) is 0 Å². The number of carbonyl (C=O) groups excluding carboxylic acids is 3. The van der Waals surface area contributed by atoms with Gasteiger partial charge in [0.15, 0.2) is 5.82 Å². The Morgan fingerprint density at radius 3 is 2.19 bits per heavy atom. The summed E-state index contributed by atoms with van der Waals surface area (Å²) in [5.41, 5.74) is -1.39. The van der Waals surface area contributed by atoms with Gasteiger partial charge in [-0.05, 0) is 75.2 Å². The lowest BCUT2D eigenvalue weighted by Crippen LogP contribution is -2.45. The Hall–Kier alpha value is -3.35. The van der Waals surface area contributed by atoms with Gasteiger partial charge in [-0.15, -0.1) is 23.2 Å². The Labute approximate surface area is 299 Å². The molecule has 48 heavy (non-hydrogen) atoms. The summed E-state index contributed by atoms with van der Waals surface area (Å²) in [5.74, 6) is -6.05. The van der Waals surface area contributed by atoms with Crippen LogP contribution in [0.5, 0.6) is 0 Å². The van der Waals surface area contributed by atoms with Crippen LogP contribution in [0.2, 0.25) is 15.1 Å². The molecule has 4 rings (SSSR count). The van der Waals surface area contributed by atoms with Crippen molar-refractivity contribution in [2.45, 2.75) is 49.4 Å². The number of alkyl halides is 2. The lowest BCUT2D eigenvalue weighted by Gasteiger charge is -2.33. The molecule has 1 fully saturated rings. The van der Waals surface area contributed by atoms with Gasteiger partial charge in [0.05, 0.1) is 32.2 Å². The molecule has 1 aliphatic rings. The monoisotopic (exact) mass is 762 g/mol. The van der Waals surface area contributed by atoms with Gasteiger partial charge >= 0.3 is 6.09 Å². The van der Waals surface area contributed by atoms with E-state index >= 15 is 4.39 Å². The molecule has 0 saturated heterocycles. The zero-order valence-electron chi connectivity index (χ0n) is 25.6. The van der Waals surface area contributed by atoms with E-state index < -0.39 is 68.5 Å². The largest absolute Gasteiger partial charge is 0.465 e. The number of nitrogens with one attached hydrogen (secondary N) is 3. The minimum Gasteiger partial charge on any atom is -0.465 e. The van der Waals surface area contributed by atoms with Crippen LogP contribution in [0.3, 0.4) is 0 Å². The lowest BCUT2D eigenvalue weighted by molar-refractivity contribution is -0.117. The zero-order chi connectivity index (χ0) is 35.7. The molecule has 16 heteroatoms. The number of hydrogen-bond donors (Lipinski definition) is 4. The van der Waals surface area contributed by atoms with Gasteiger partial charge in [0.25, 0.3) is 5.91 Å². The van der Waals surface area contributed by atoms with Crippen molar-refractivity contribution in [3.8, 4) is 0 Å². The number of carbonyl (C=O) groups is 4. The second-order valence-electron chi connectivity index (χ2n) is 12.0. The van der Waals surface area contributed by atoms with Crippen molar-refractivity contribution in [3.05, 3.63) is 86.4 Å². The summed E-state index contributed by atoms with van der Waals surface area (Å²) in [5, 5.41) is 17.0. The van der Waals surface area contributed by atoms with Crippen LogP contribution in [-0.4, -0.2) is 50.2 Å². The van der Waals surface area contributed by atoms with Crippen LogP contribution in [-0.2, 0) is 9.59 Å². The molecule has 2 atom stereocenters. The van der Waals surface area contributed by atoms with Gasteiger partial charge in [-0.2, -0.15) is 0 Å². The van der Waals surface area contributed by atoms with E-state index in [0.29, 0.717) is 10.6 Å². The molecule has 0 bridgehead atoms. The molecular formula is C32H29Cl5F2N4O5. The second-order valence-corrected chi connectivity index (χ2v) is 14.6. The summed E-state index contributed by atoms with van der Waals surface area (Å²) in [4.78, 5) is 51.4. The maximum absolute atomic E-state index is 15.3. The standard InChI is InChI=1S/C32H29Cl5F2N4O5/c1-31(2,3)43(30(47)48)12-4-5-23(44)42-27-21(38)10-11-22(26(27)39)41-28(45)17-14-16(7-9-18(17)33)40-29(46)25-24(32(25,36)37)15-6-8-19(34)20(35)13-15/h6-11,13-14,24-25H,4-5,12H2,1-3H3,(H,40,46)(H,41,45)(H,42,44)(H,47,48)/t24-,25+/m0/s1. The van der Waals surface area contributed by atoms with Crippen LogP contribution in [0.15, 0.2) is 48.5 Å². The number of hydrogen-bond acceptors (Lipinski definition) is 4. The highest BCUT2D eigenvalue weighted by Crippen LogP contribution is 2.65. The van der Waals surface area contributed by atoms with E-state index in [9.17, 15) is 28.7 Å². The maximum Gasteiger partial charge on any atom is 0.407 e. The first kappa shape index (κ1) is 37.5. The molecule has 0 aliphatic heterocycles. The smallest absolute Gasteiger partial charge is 0.407 e. The molecule has 1 saturated carbocycles. The average Bonchev–Trinajstić information content (AvgIpc) is 3.57. The topological polar surface area (TPSA) is 128 Å². The quantitative estimate of drug-likeness (QED) is 0.153. The summed E-state index contributed by atoms with van der Waals surface area (Å²) in [6.07, 6.45) is -1.30. The van der Waals surface area contributed by atoms with Gasteiger partial charge in [-0.3, -0.25) is 14.4 Å². The van der Waals surface area contributed by atoms with E-state index in [2.05, 4.69) is 16.0 Å². The van der Waals surface area contributed by atoms with E-state index in [-0.39, 0.29) is 40.7 Å². The van der Waals surface area contributed by atoms with Crippen LogP contribution in [0.1, 0.15) is 55.5 Å². The molecule has 0 spiro atoms. The van der Waals surface area contributed by atoms with Crippen molar-refractivity contribution in [2.75, 3.05) is 22.5 Å². The summed E-state index contributed by atoms with van der Waals surface area (Å²) >= 11 is 31.2. The summed E-state index contributed by atoms with van der Waals surface area (Å²) in [6, 6.07) is 10.6. The number of nitrogens with zero attached hydrogens (tertiary/aromatic N) is 1. The minimum absolute atomic E-state index is 0.0185. The molecule has 9 nitrogen and oxygen atoms in total. The zero-order valence-corrected chi connectivity index (χ0v) is 29.3. The Bertz CT molecular complexity index is 1790. The van der Waals surface area contributed by atoms with E-state index in [4.69, 9.17) is 58.0 Å². The highest BCUT2D eigenvalue weighted by molar-refractivity contribution is 6.53. The fourth-order valence-corrected chi connectivity index (χ4v) is 6.38. The van der Waals surface area contributed by atoms with Gasteiger partial charge in [-0.25, -0.2) is 13.6 Å². The number of carboxylic acid groups (broad SMARTS) is 1.